The summed E-state index contributed by atoms with van der Waals surface area (Å²) in [6.07, 6.45) is 2.39. The van der Waals surface area contributed by atoms with Crippen molar-refractivity contribution in [1.82, 2.24) is 15.2 Å². The molecule has 5 heteroatoms. The number of amides is 1. The summed E-state index contributed by atoms with van der Waals surface area (Å²) in [5.74, 6) is 0.633. The number of piperidine rings is 3. The molecule has 1 unspecified atom stereocenters. The third-order valence-electron chi connectivity index (χ3n) is 5.63. The third-order valence-corrected chi connectivity index (χ3v) is 6.58. The van der Waals surface area contributed by atoms with Crippen molar-refractivity contribution >= 4 is 27.5 Å². The third kappa shape index (κ3) is 2.46. The minimum atomic E-state index is 0.0318. The van der Waals surface area contributed by atoms with Crippen LogP contribution < -0.4 is 5.32 Å². The molecule has 3 fully saturated rings. The van der Waals surface area contributed by atoms with Crippen LogP contribution in [0.25, 0.3) is 10.2 Å². The van der Waals surface area contributed by atoms with Crippen LogP contribution in [0.4, 0.5) is 0 Å². The Morgan fingerprint density at radius 2 is 2.09 bits per heavy atom. The number of rotatable bonds is 2. The van der Waals surface area contributed by atoms with Gasteiger partial charge in [0.15, 0.2) is 0 Å². The molecule has 122 valence electrons. The van der Waals surface area contributed by atoms with Crippen LogP contribution in [0.2, 0.25) is 0 Å². The summed E-state index contributed by atoms with van der Waals surface area (Å²) < 4.78 is 1.14. The van der Waals surface area contributed by atoms with E-state index in [1.807, 2.05) is 25.1 Å². The summed E-state index contributed by atoms with van der Waals surface area (Å²) >= 11 is 1.67. The molecule has 0 aliphatic carbocycles. The average molecular weight is 329 g/mol. The van der Waals surface area contributed by atoms with Crippen molar-refractivity contribution in [3.8, 4) is 0 Å². The minimum Gasteiger partial charge on any atom is -0.347 e. The van der Waals surface area contributed by atoms with Crippen molar-refractivity contribution in [3.05, 3.63) is 28.8 Å². The molecule has 0 radical (unpaired) electrons. The van der Waals surface area contributed by atoms with E-state index in [1.165, 1.54) is 12.8 Å². The molecule has 1 amide bonds. The molecule has 1 atom stereocenters. The zero-order valence-electron chi connectivity index (χ0n) is 13.9. The highest BCUT2D eigenvalue weighted by atomic mass is 32.1. The fraction of sp³-hybridized carbons (Fsp3) is 0.556. The van der Waals surface area contributed by atoms with E-state index in [0.717, 1.165) is 33.9 Å². The van der Waals surface area contributed by atoms with E-state index in [2.05, 4.69) is 29.0 Å². The van der Waals surface area contributed by atoms with E-state index in [0.29, 0.717) is 5.92 Å². The Labute approximate surface area is 140 Å². The minimum absolute atomic E-state index is 0.0318. The van der Waals surface area contributed by atoms with Gasteiger partial charge in [0.2, 0.25) is 0 Å². The summed E-state index contributed by atoms with van der Waals surface area (Å²) in [5.41, 5.74) is 1.68. The number of hydrogen-bond donors (Lipinski definition) is 1. The van der Waals surface area contributed by atoms with Gasteiger partial charge in [-0.05, 0) is 70.8 Å². The number of aryl methyl sites for hydroxylation is 1. The quantitative estimate of drug-likeness (QED) is 0.920. The highest BCUT2D eigenvalue weighted by Crippen LogP contribution is 2.39. The molecule has 3 aliphatic heterocycles. The lowest BCUT2D eigenvalue weighted by Gasteiger charge is -2.56. The second kappa shape index (κ2) is 5.28. The maximum atomic E-state index is 12.8. The first-order chi connectivity index (χ1) is 10.9. The largest absolute Gasteiger partial charge is 0.347 e. The van der Waals surface area contributed by atoms with Crippen LogP contribution in [0, 0.1) is 12.8 Å². The second-order valence-corrected chi connectivity index (χ2v) is 8.58. The molecule has 1 aromatic carbocycles. The first-order valence-electron chi connectivity index (χ1n) is 8.38. The Bertz CT molecular complexity index is 759. The van der Waals surface area contributed by atoms with E-state index < -0.39 is 0 Å². The van der Waals surface area contributed by atoms with Gasteiger partial charge in [0.1, 0.15) is 0 Å². The Hall–Kier alpha value is -1.46. The topological polar surface area (TPSA) is 45.2 Å². The molecule has 1 aromatic heterocycles. The lowest BCUT2D eigenvalue weighted by molar-refractivity contribution is -0.0378. The molecule has 4 nitrogen and oxygen atoms in total. The summed E-state index contributed by atoms with van der Waals surface area (Å²) in [4.78, 5) is 19.8. The molecule has 3 saturated heterocycles. The maximum Gasteiger partial charge on any atom is 0.251 e. The molecular formula is C18H23N3OS. The summed E-state index contributed by atoms with van der Waals surface area (Å²) in [5, 5.41) is 4.36. The van der Waals surface area contributed by atoms with Crippen LogP contribution in [0.5, 0.6) is 0 Å². The summed E-state index contributed by atoms with van der Waals surface area (Å²) in [6.45, 7) is 8.84. The van der Waals surface area contributed by atoms with Gasteiger partial charge in [0.05, 0.1) is 15.2 Å². The highest BCUT2D eigenvalue weighted by Gasteiger charge is 2.48. The maximum absolute atomic E-state index is 12.8. The van der Waals surface area contributed by atoms with Gasteiger partial charge in [-0.25, -0.2) is 4.98 Å². The molecule has 2 aromatic rings. The zero-order chi connectivity index (χ0) is 16.2. The van der Waals surface area contributed by atoms with Crippen LogP contribution in [0.3, 0.4) is 0 Å². The molecule has 0 saturated carbocycles. The Kier molecular flexibility index (Phi) is 3.46. The predicted octanol–water partition coefficient (Wildman–Crippen LogP) is 3.21. The van der Waals surface area contributed by atoms with E-state index in [-0.39, 0.29) is 17.5 Å². The van der Waals surface area contributed by atoms with E-state index in [1.54, 1.807) is 11.3 Å². The lowest BCUT2D eigenvalue weighted by Crippen LogP contribution is -2.69. The number of hydrogen-bond acceptors (Lipinski definition) is 4. The SMILES string of the molecule is Cc1nc2cc(C(=O)NC3C4CCN(CC4)C3(C)C)ccc2s1. The highest BCUT2D eigenvalue weighted by molar-refractivity contribution is 7.18. The number of nitrogens with zero attached hydrogens (tertiary/aromatic N) is 2. The molecular weight excluding hydrogens is 306 g/mol. The number of benzene rings is 1. The van der Waals surface area contributed by atoms with Crippen molar-refractivity contribution in [1.29, 1.82) is 0 Å². The van der Waals surface area contributed by atoms with Gasteiger partial charge in [0.25, 0.3) is 5.91 Å². The molecule has 4 heterocycles. The fourth-order valence-electron chi connectivity index (χ4n) is 4.29. The standard InChI is InChI=1S/C18H23N3OS/c1-11-19-14-10-13(4-5-15(14)23-11)17(22)20-16-12-6-8-21(9-7-12)18(16,2)3/h4-5,10,12,16H,6-9H2,1-3H3,(H,20,22). The number of carbonyl (C=O) groups is 1. The molecule has 23 heavy (non-hydrogen) atoms. The summed E-state index contributed by atoms with van der Waals surface area (Å²) in [6, 6.07) is 6.08. The number of fused-ring (bicyclic) bond motifs is 4. The number of carbonyl (C=O) groups excluding carboxylic acids is 1. The van der Waals surface area contributed by atoms with E-state index in [9.17, 15) is 4.79 Å². The van der Waals surface area contributed by atoms with Crippen molar-refractivity contribution in [2.24, 2.45) is 5.92 Å². The van der Waals surface area contributed by atoms with Crippen LogP contribution in [0.1, 0.15) is 42.1 Å². The van der Waals surface area contributed by atoms with Gasteiger partial charge in [-0.2, -0.15) is 0 Å². The Morgan fingerprint density at radius 1 is 1.35 bits per heavy atom. The normalized spacial score (nSPS) is 28.9. The van der Waals surface area contributed by atoms with Gasteiger partial charge in [-0.1, -0.05) is 0 Å². The van der Waals surface area contributed by atoms with Crippen LogP contribution in [-0.4, -0.2) is 40.5 Å². The Balaban J connectivity index is 1.58. The zero-order valence-corrected chi connectivity index (χ0v) is 14.7. The van der Waals surface area contributed by atoms with Gasteiger partial charge in [-0.15, -0.1) is 11.3 Å². The number of thiazole rings is 1. The molecule has 5 rings (SSSR count). The number of aromatic nitrogens is 1. The monoisotopic (exact) mass is 329 g/mol. The first kappa shape index (κ1) is 15.1. The average Bonchev–Trinajstić information content (AvgIpc) is 2.90. The molecule has 3 aliphatic rings. The summed E-state index contributed by atoms with van der Waals surface area (Å²) in [7, 11) is 0. The first-order valence-corrected chi connectivity index (χ1v) is 9.20. The predicted molar refractivity (Wildman–Crippen MR) is 94.0 cm³/mol. The molecule has 2 bridgehead atoms. The van der Waals surface area contributed by atoms with Gasteiger partial charge >= 0.3 is 0 Å². The van der Waals surface area contributed by atoms with Gasteiger partial charge < -0.3 is 5.32 Å². The van der Waals surface area contributed by atoms with Gasteiger partial charge in [0, 0.05) is 17.1 Å². The van der Waals surface area contributed by atoms with Crippen LogP contribution in [0.15, 0.2) is 18.2 Å². The smallest absolute Gasteiger partial charge is 0.251 e. The van der Waals surface area contributed by atoms with Crippen molar-refractivity contribution < 1.29 is 4.79 Å². The fourth-order valence-corrected chi connectivity index (χ4v) is 5.09. The second-order valence-electron chi connectivity index (χ2n) is 7.34. The Morgan fingerprint density at radius 3 is 2.78 bits per heavy atom. The molecule has 0 spiro atoms. The van der Waals surface area contributed by atoms with Crippen LogP contribution in [-0.2, 0) is 0 Å². The van der Waals surface area contributed by atoms with E-state index >= 15 is 0 Å². The van der Waals surface area contributed by atoms with Crippen molar-refractivity contribution in [2.45, 2.75) is 45.2 Å². The van der Waals surface area contributed by atoms with Crippen molar-refractivity contribution in [2.75, 3.05) is 13.1 Å². The molecule has 1 N–H and O–H groups in total. The van der Waals surface area contributed by atoms with Crippen molar-refractivity contribution in [3.63, 3.8) is 0 Å². The van der Waals surface area contributed by atoms with Gasteiger partial charge in [-0.3, -0.25) is 9.69 Å². The van der Waals surface area contributed by atoms with E-state index in [4.69, 9.17) is 0 Å². The van der Waals surface area contributed by atoms with Crippen LogP contribution >= 0.6 is 11.3 Å². The number of nitrogens with one attached hydrogen (secondary N) is 1. The lowest BCUT2D eigenvalue weighted by atomic mass is 9.72.